The third kappa shape index (κ3) is 2.85. The molecule has 4 nitrogen and oxygen atoms in total. The van der Waals surface area contributed by atoms with Gasteiger partial charge in [-0.3, -0.25) is 0 Å². The highest BCUT2D eigenvalue weighted by Crippen LogP contribution is 2.31. The minimum atomic E-state index is -1.06. The largest absolute Gasteiger partial charge is 0.478 e. The van der Waals surface area contributed by atoms with Crippen LogP contribution in [0.25, 0.3) is 0 Å². The second-order valence-electron chi connectivity index (χ2n) is 4.13. The van der Waals surface area contributed by atoms with Gasteiger partial charge in [-0.1, -0.05) is 25.1 Å². The molecular formula is C15H15NO3. The molecule has 0 aliphatic carbocycles. The Hall–Kier alpha value is -2.49. The molecule has 2 rings (SSSR count). The first-order valence-corrected chi connectivity index (χ1v) is 6.00. The number of anilines is 1. The first-order chi connectivity index (χ1) is 9.11. The lowest BCUT2D eigenvalue weighted by molar-refractivity contribution is 0.0694. The molecule has 0 unspecified atom stereocenters. The van der Waals surface area contributed by atoms with Crippen molar-refractivity contribution in [3.05, 3.63) is 53.6 Å². The van der Waals surface area contributed by atoms with E-state index < -0.39 is 5.97 Å². The molecule has 0 saturated heterocycles. The predicted octanol–water partition coefficient (Wildman–Crippen LogP) is 3.32. The van der Waals surface area contributed by atoms with E-state index in [1.807, 2.05) is 12.1 Å². The smallest absolute Gasteiger partial charge is 0.339 e. The highest BCUT2D eigenvalue weighted by Gasteiger charge is 2.14. The Morgan fingerprint density at radius 2 is 1.89 bits per heavy atom. The predicted molar refractivity (Wildman–Crippen MR) is 73.7 cm³/mol. The third-order valence-corrected chi connectivity index (χ3v) is 2.83. The van der Waals surface area contributed by atoms with Crippen LogP contribution in [0.4, 0.5) is 5.69 Å². The van der Waals surface area contributed by atoms with Crippen molar-refractivity contribution in [1.29, 1.82) is 0 Å². The van der Waals surface area contributed by atoms with Gasteiger partial charge in [0.05, 0.1) is 5.69 Å². The van der Waals surface area contributed by atoms with Gasteiger partial charge < -0.3 is 15.6 Å². The Morgan fingerprint density at radius 1 is 1.21 bits per heavy atom. The number of nitrogen functional groups attached to an aromatic ring is 1. The second kappa shape index (κ2) is 5.44. The van der Waals surface area contributed by atoms with Gasteiger partial charge in [-0.15, -0.1) is 0 Å². The number of rotatable bonds is 4. The standard InChI is InChI=1S/C15H15NO3/c1-2-10-6-8-11(9-7-10)19-14-12(15(17)18)4-3-5-13(14)16/h3-9H,2,16H2,1H3,(H,17,18). The van der Waals surface area contributed by atoms with E-state index in [1.165, 1.54) is 11.6 Å². The van der Waals surface area contributed by atoms with Gasteiger partial charge in [-0.25, -0.2) is 4.79 Å². The monoisotopic (exact) mass is 257 g/mol. The average Bonchev–Trinajstić information content (AvgIpc) is 2.41. The summed E-state index contributed by atoms with van der Waals surface area (Å²) in [7, 11) is 0. The van der Waals surface area contributed by atoms with Crippen LogP contribution in [0.5, 0.6) is 11.5 Å². The maximum atomic E-state index is 11.1. The summed E-state index contributed by atoms with van der Waals surface area (Å²) in [5.74, 6) is -0.315. The molecule has 0 radical (unpaired) electrons. The van der Waals surface area contributed by atoms with Crippen LogP contribution in [-0.4, -0.2) is 11.1 Å². The van der Waals surface area contributed by atoms with Crippen molar-refractivity contribution in [1.82, 2.24) is 0 Å². The van der Waals surface area contributed by atoms with Gasteiger partial charge in [0.2, 0.25) is 0 Å². The number of aryl methyl sites for hydroxylation is 1. The molecule has 0 saturated carbocycles. The number of para-hydroxylation sites is 1. The highest BCUT2D eigenvalue weighted by molar-refractivity contribution is 5.93. The zero-order chi connectivity index (χ0) is 13.8. The van der Waals surface area contributed by atoms with Crippen molar-refractivity contribution in [2.24, 2.45) is 0 Å². The van der Waals surface area contributed by atoms with Gasteiger partial charge in [-0.2, -0.15) is 0 Å². The number of benzene rings is 2. The lowest BCUT2D eigenvalue weighted by Crippen LogP contribution is -2.02. The van der Waals surface area contributed by atoms with E-state index in [1.54, 1.807) is 24.3 Å². The fraction of sp³-hybridized carbons (Fsp3) is 0.133. The minimum Gasteiger partial charge on any atom is -0.478 e. The summed E-state index contributed by atoms with van der Waals surface area (Å²) in [4.78, 5) is 11.1. The van der Waals surface area contributed by atoms with Gasteiger partial charge >= 0.3 is 5.97 Å². The fourth-order valence-electron chi connectivity index (χ4n) is 1.75. The van der Waals surface area contributed by atoms with E-state index in [-0.39, 0.29) is 11.3 Å². The van der Waals surface area contributed by atoms with Crippen molar-refractivity contribution in [3.63, 3.8) is 0 Å². The Labute approximate surface area is 111 Å². The molecule has 0 bridgehead atoms. The summed E-state index contributed by atoms with van der Waals surface area (Å²) in [5, 5.41) is 9.11. The molecule has 98 valence electrons. The van der Waals surface area contributed by atoms with Crippen LogP contribution in [-0.2, 0) is 6.42 Å². The molecular weight excluding hydrogens is 242 g/mol. The minimum absolute atomic E-state index is 0.0552. The fourth-order valence-corrected chi connectivity index (χ4v) is 1.75. The van der Waals surface area contributed by atoms with Gasteiger partial charge in [-0.05, 0) is 36.2 Å². The van der Waals surface area contributed by atoms with Gasteiger partial charge in [0.15, 0.2) is 5.75 Å². The second-order valence-corrected chi connectivity index (χ2v) is 4.13. The summed E-state index contributed by atoms with van der Waals surface area (Å²) in [6, 6.07) is 12.2. The zero-order valence-corrected chi connectivity index (χ0v) is 10.6. The van der Waals surface area contributed by atoms with Crippen LogP contribution in [0.15, 0.2) is 42.5 Å². The van der Waals surface area contributed by atoms with Crippen LogP contribution in [0, 0.1) is 0 Å². The van der Waals surface area contributed by atoms with Crippen LogP contribution in [0.2, 0.25) is 0 Å². The number of hydrogen-bond donors (Lipinski definition) is 2. The third-order valence-electron chi connectivity index (χ3n) is 2.83. The molecule has 19 heavy (non-hydrogen) atoms. The highest BCUT2D eigenvalue weighted by atomic mass is 16.5. The van der Waals surface area contributed by atoms with Crippen LogP contribution >= 0.6 is 0 Å². The van der Waals surface area contributed by atoms with Crippen molar-refractivity contribution in [2.75, 3.05) is 5.73 Å². The Kier molecular flexibility index (Phi) is 3.71. The molecule has 0 spiro atoms. The number of carboxylic acid groups (broad SMARTS) is 1. The van der Waals surface area contributed by atoms with Crippen LogP contribution in [0.3, 0.4) is 0 Å². The van der Waals surface area contributed by atoms with E-state index in [2.05, 4.69) is 6.92 Å². The molecule has 0 amide bonds. The van der Waals surface area contributed by atoms with E-state index in [0.717, 1.165) is 6.42 Å². The number of hydrogen-bond acceptors (Lipinski definition) is 3. The summed E-state index contributed by atoms with van der Waals surface area (Å²) < 4.78 is 5.60. The topological polar surface area (TPSA) is 72.5 Å². The average molecular weight is 257 g/mol. The first-order valence-electron chi connectivity index (χ1n) is 6.00. The maximum Gasteiger partial charge on any atom is 0.339 e. The van der Waals surface area contributed by atoms with Gasteiger partial charge in [0, 0.05) is 0 Å². The SMILES string of the molecule is CCc1ccc(Oc2c(N)cccc2C(=O)O)cc1. The van der Waals surface area contributed by atoms with Crippen LogP contribution < -0.4 is 10.5 Å². The molecule has 2 aromatic carbocycles. The molecule has 0 aliphatic rings. The van der Waals surface area contributed by atoms with Gasteiger partial charge in [0.25, 0.3) is 0 Å². The number of ether oxygens (including phenoxy) is 1. The molecule has 0 fully saturated rings. The Balaban J connectivity index is 2.34. The van der Waals surface area contributed by atoms with Crippen molar-refractivity contribution in [2.45, 2.75) is 13.3 Å². The molecule has 4 heteroatoms. The van der Waals surface area contributed by atoms with Crippen LogP contribution in [0.1, 0.15) is 22.8 Å². The van der Waals surface area contributed by atoms with Crippen molar-refractivity contribution in [3.8, 4) is 11.5 Å². The van der Waals surface area contributed by atoms with E-state index >= 15 is 0 Å². The lowest BCUT2D eigenvalue weighted by Gasteiger charge is -2.11. The molecule has 0 aromatic heterocycles. The number of aromatic carboxylic acids is 1. The quantitative estimate of drug-likeness (QED) is 0.824. The molecule has 0 heterocycles. The Bertz CT molecular complexity index is 591. The first kappa shape index (κ1) is 13.0. The summed E-state index contributed by atoms with van der Waals surface area (Å²) in [5.41, 5.74) is 7.32. The maximum absolute atomic E-state index is 11.1. The van der Waals surface area contributed by atoms with Gasteiger partial charge in [0.1, 0.15) is 11.3 Å². The number of nitrogens with two attached hydrogens (primary N) is 1. The summed E-state index contributed by atoms with van der Waals surface area (Å²) in [6.45, 7) is 2.06. The summed E-state index contributed by atoms with van der Waals surface area (Å²) >= 11 is 0. The molecule has 2 aromatic rings. The molecule has 3 N–H and O–H groups in total. The van der Waals surface area contributed by atoms with Crippen molar-refractivity contribution < 1.29 is 14.6 Å². The van der Waals surface area contributed by atoms with E-state index in [4.69, 9.17) is 15.6 Å². The zero-order valence-electron chi connectivity index (χ0n) is 10.6. The lowest BCUT2D eigenvalue weighted by atomic mass is 10.1. The normalized spacial score (nSPS) is 10.2. The van der Waals surface area contributed by atoms with Crippen molar-refractivity contribution >= 4 is 11.7 Å². The van der Waals surface area contributed by atoms with E-state index in [9.17, 15) is 4.79 Å². The number of carbonyl (C=O) groups is 1. The summed E-state index contributed by atoms with van der Waals surface area (Å²) in [6.07, 6.45) is 0.939. The molecule has 0 atom stereocenters. The molecule has 0 aliphatic heterocycles. The number of carboxylic acids is 1. The van der Waals surface area contributed by atoms with E-state index in [0.29, 0.717) is 11.4 Å². The Morgan fingerprint density at radius 3 is 2.47 bits per heavy atom.